The van der Waals surface area contributed by atoms with Gasteiger partial charge < -0.3 is 7.97 Å². The number of nitrogens with zero attached hydrogens (tertiary/aromatic N) is 1. The van der Waals surface area contributed by atoms with Crippen molar-refractivity contribution >= 4 is 34.6 Å². The standard InChI is InChI=1S/C6H11ClINO/c7-3-6-4-9(5-6)1-2-10-8/h6H,1-5H2. The van der Waals surface area contributed by atoms with Gasteiger partial charge in [-0.3, -0.25) is 0 Å². The maximum Gasteiger partial charge on any atom is 0.109 e. The zero-order valence-corrected chi connectivity index (χ0v) is 8.64. The Bertz CT molecular complexity index is 95.0. The van der Waals surface area contributed by atoms with Gasteiger partial charge in [-0.15, -0.1) is 11.6 Å². The second kappa shape index (κ2) is 4.74. The highest BCUT2D eigenvalue weighted by atomic mass is 127. The second-order valence-electron chi connectivity index (χ2n) is 2.59. The fourth-order valence-corrected chi connectivity index (χ4v) is 1.51. The highest BCUT2D eigenvalue weighted by molar-refractivity contribution is 14.1. The molecule has 0 N–H and O–H groups in total. The molecule has 1 heterocycles. The average Bonchev–Trinajstić information content (AvgIpc) is 1.86. The van der Waals surface area contributed by atoms with Crippen LogP contribution in [0, 0.1) is 5.92 Å². The summed E-state index contributed by atoms with van der Waals surface area (Å²) < 4.78 is 4.91. The molecular weight excluding hydrogens is 264 g/mol. The summed E-state index contributed by atoms with van der Waals surface area (Å²) in [5.41, 5.74) is 0. The van der Waals surface area contributed by atoms with Gasteiger partial charge in [0, 0.05) is 25.5 Å². The van der Waals surface area contributed by atoms with Crippen molar-refractivity contribution in [2.24, 2.45) is 5.92 Å². The lowest BCUT2D eigenvalue weighted by Crippen LogP contribution is -2.48. The van der Waals surface area contributed by atoms with Gasteiger partial charge in [-0.05, 0) is 5.92 Å². The van der Waals surface area contributed by atoms with E-state index in [2.05, 4.69) is 4.90 Å². The first-order chi connectivity index (χ1) is 4.86. The zero-order chi connectivity index (χ0) is 7.40. The molecule has 0 radical (unpaired) electrons. The molecule has 60 valence electrons. The fraction of sp³-hybridized carbons (Fsp3) is 1.00. The maximum atomic E-state index is 5.64. The molecule has 1 fully saturated rings. The van der Waals surface area contributed by atoms with Gasteiger partial charge in [0.25, 0.3) is 0 Å². The minimum Gasteiger partial charge on any atom is -0.314 e. The lowest BCUT2D eigenvalue weighted by molar-refractivity contribution is 0.103. The van der Waals surface area contributed by atoms with E-state index in [-0.39, 0.29) is 0 Å². The van der Waals surface area contributed by atoms with E-state index in [1.54, 1.807) is 0 Å². The van der Waals surface area contributed by atoms with Crippen molar-refractivity contribution in [2.45, 2.75) is 0 Å². The summed E-state index contributed by atoms with van der Waals surface area (Å²) >= 11 is 7.57. The maximum absolute atomic E-state index is 5.64. The Morgan fingerprint density at radius 3 is 2.80 bits per heavy atom. The highest BCUT2D eigenvalue weighted by Crippen LogP contribution is 2.15. The first-order valence-corrected chi connectivity index (χ1v) is 4.80. The van der Waals surface area contributed by atoms with Gasteiger partial charge in [0.05, 0.1) is 6.61 Å². The van der Waals surface area contributed by atoms with Gasteiger partial charge in [0.1, 0.15) is 23.0 Å². The molecule has 0 aliphatic carbocycles. The van der Waals surface area contributed by atoms with Gasteiger partial charge in [0.2, 0.25) is 0 Å². The van der Waals surface area contributed by atoms with Crippen LogP contribution < -0.4 is 0 Å². The van der Waals surface area contributed by atoms with E-state index in [0.29, 0.717) is 0 Å². The number of hydrogen-bond donors (Lipinski definition) is 0. The largest absolute Gasteiger partial charge is 0.314 e. The Hall–Kier alpha value is 0.940. The van der Waals surface area contributed by atoms with E-state index in [9.17, 15) is 0 Å². The van der Waals surface area contributed by atoms with E-state index in [0.717, 1.165) is 38.0 Å². The fourth-order valence-electron chi connectivity index (χ4n) is 1.12. The van der Waals surface area contributed by atoms with Crippen molar-refractivity contribution in [3.05, 3.63) is 0 Å². The van der Waals surface area contributed by atoms with Gasteiger partial charge >= 0.3 is 0 Å². The molecule has 1 saturated heterocycles. The number of rotatable bonds is 4. The lowest BCUT2D eigenvalue weighted by atomic mass is 10.0. The zero-order valence-electron chi connectivity index (χ0n) is 5.72. The minimum absolute atomic E-state index is 0.732. The Kier molecular flexibility index (Phi) is 4.28. The van der Waals surface area contributed by atoms with E-state index >= 15 is 0 Å². The van der Waals surface area contributed by atoms with Crippen molar-refractivity contribution in [1.82, 2.24) is 4.90 Å². The predicted octanol–water partition coefficient (Wildman–Crippen LogP) is 1.52. The molecule has 1 aliphatic heterocycles. The third-order valence-corrected chi connectivity index (χ3v) is 2.61. The van der Waals surface area contributed by atoms with Crippen LogP contribution in [0.4, 0.5) is 0 Å². The summed E-state index contributed by atoms with van der Waals surface area (Å²) in [6, 6.07) is 0. The van der Waals surface area contributed by atoms with Crippen molar-refractivity contribution < 1.29 is 3.07 Å². The van der Waals surface area contributed by atoms with Crippen LogP contribution in [0.1, 0.15) is 0 Å². The molecule has 1 aliphatic rings. The Morgan fingerprint density at radius 2 is 2.30 bits per heavy atom. The van der Waals surface area contributed by atoms with E-state index in [1.807, 2.05) is 23.0 Å². The van der Waals surface area contributed by atoms with Gasteiger partial charge in [-0.2, -0.15) is 0 Å². The molecule has 0 atom stereocenters. The van der Waals surface area contributed by atoms with E-state index in [1.165, 1.54) is 0 Å². The molecule has 2 nitrogen and oxygen atoms in total. The number of halogens is 2. The van der Waals surface area contributed by atoms with Crippen LogP contribution in [0.25, 0.3) is 0 Å². The van der Waals surface area contributed by atoms with Gasteiger partial charge in [-0.25, -0.2) is 0 Å². The SMILES string of the molecule is ClCC1CN(CCOI)C1. The van der Waals surface area contributed by atoms with Crippen LogP contribution in [0.2, 0.25) is 0 Å². The Balaban J connectivity index is 1.93. The van der Waals surface area contributed by atoms with Crippen molar-refractivity contribution in [1.29, 1.82) is 0 Å². The molecule has 0 aromatic rings. The number of likely N-dealkylation sites (tertiary alicyclic amines) is 1. The molecule has 1 rings (SSSR count). The van der Waals surface area contributed by atoms with Crippen LogP contribution in [0.3, 0.4) is 0 Å². The summed E-state index contributed by atoms with van der Waals surface area (Å²) in [7, 11) is 0. The summed E-state index contributed by atoms with van der Waals surface area (Å²) in [6.07, 6.45) is 0. The van der Waals surface area contributed by atoms with Crippen molar-refractivity contribution in [3.63, 3.8) is 0 Å². The van der Waals surface area contributed by atoms with Crippen molar-refractivity contribution in [3.8, 4) is 0 Å². The van der Waals surface area contributed by atoms with E-state index < -0.39 is 0 Å². The highest BCUT2D eigenvalue weighted by Gasteiger charge is 2.24. The third kappa shape index (κ3) is 2.53. The molecule has 10 heavy (non-hydrogen) atoms. The van der Waals surface area contributed by atoms with Gasteiger partial charge in [0.15, 0.2) is 0 Å². The van der Waals surface area contributed by atoms with Crippen LogP contribution in [0.5, 0.6) is 0 Å². The molecular formula is C6H11ClINO. The molecule has 0 aromatic heterocycles. The van der Waals surface area contributed by atoms with Gasteiger partial charge in [-0.1, -0.05) is 0 Å². The second-order valence-corrected chi connectivity index (χ2v) is 3.52. The lowest BCUT2D eigenvalue weighted by Gasteiger charge is -2.37. The predicted molar refractivity (Wildman–Crippen MR) is 50.6 cm³/mol. The van der Waals surface area contributed by atoms with Crippen LogP contribution >= 0.6 is 34.6 Å². The molecule has 0 amide bonds. The molecule has 4 heteroatoms. The number of hydrogen-bond acceptors (Lipinski definition) is 2. The van der Waals surface area contributed by atoms with Crippen LogP contribution in [-0.4, -0.2) is 37.0 Å². The Morgan fingerprint density at radius 1 is 1.60 bits per heavy atom. The normalized spacial score (nSPS) is 21.0. The monoisotopic (exact) mass is 275 g/mol. The first kappa shape index (κ1) is 9.03. The smallest absolute Gasteiger partial charge is 0.109 e. The van der Waals surface area contributed by atoms with E-state index in [4.69, 9.17) is 14.7 Å². The minimum atomic E-state index is 0.732. The molecule has 0 aromatic carbocycles. The van der Waals surface area contributed by atoms with Crippen LogP contribution in [0.15, 0.2) is 0 Å². The molecule has 0 spiro atoms. The summed E-state index contributed by atoms with van der Waals surface area (Å²) in [4.78, 5) is 2.35. The summed E-state index contributed by atoms with van der Waals surface area (Å²) in [6.45, 7) is 4.19. The summed E-state index contributed by atoms with van der Waals surface area (Å²) in [5.74, 6) is 1.54. The molecule has 0 saturated carbocycles. The topological polar surface area (TPSA) is 12.5 Å². The third-order valence-electron chi connectivity index (χ3n) is 1.74. The molecule has 0 unspecified atom stereocenters. The average molecular weight is 276 g/mol. The molecule has 0 bridgehead atoms. The van der Waals surface area contributed by atoms with Crippen molar-refractivity contribution in [2.75, 3.05) is 32.1 Å². The Labute approximate surface area is 80.5 Å². The first-order valence-electron chi connectivity index (χ1n) is 3.38. The van der Waals surface area contributed by atoms with Crippen LogP contribution in [-0.2, 0) is 3.07 Å². The quantitative estimate of drug-likeness (QED) is 0.570. The number of alkyl halides is 1. The summed E-state index contributed by atoms with van der Waals surface area (Å²) in [5, 5.41) is 0.